The zero-order valence-corrected chi connectivity index (χ0v) is 12.6. The van der Waals surface area contributed by atoms with Crippen molar-refractivity contribution in [2.45, 2.75) is 0 Å². The van der Waals surface area contributed by atoms with E-state index in [0.717, 1.165) is 16.6 Å². The molecule has 116 valence electrons. The minimum Gasteiger partial charge on any atom is -0.399 e. The van der Waals surface area contributed by atoms with Crippen LogP contribution in [0.1, 0.15) is 0 Å². The lowest BCUT2D eigenvalue weighted by Crippen LogP contribution is -1.86. The summed E-state index contributed by atoms with van der Waals surface area (Å²) >= 11 is 0. The summed E-state index contributed by atoms with van der Waals surface area (Å²) < 4.78 is 2.08. The Balaban J connectivity index is 0.000000136. The number of nitrogens with one attached hydrogen (secondary N) is 1. The van der Waals surface area contributed by atoms with Crippen LogP contribution in [-0.2, 0) is 7.05 Å². The van der Waals surface area contributed by atoms with Crippen molar-refractivity contribution in [2.75, 3.05) is 5.73 Å². The Morgan fingerprint density at radius 2 is 1.91 bits per heavy atom. The molecule has 0 aliphatic carbocycles. The van der Waals surface area contributed by atoms with Crippen molar-refractivity contribution >= 4 is 33.2 Å². The van der Waals surface area contributed by atoms with Crippen LogP contribution in [0, 0.1) is 10.1 Å². The predicted octanol–water partition coefficient (Wildman–Crippen LogP) is 3.84. The molecule has 0 spiro atoms. The number of hydrogen-bond donors (Lipinski definition) is 2. The van der Waals surface area contributed by atoms with Crippen molar-refractivity contribution in [3.8, 4) is 0 Å². The molecule has 0 unspecified atom stereocenters. The van der Waals surface area contributed by atoms with Gasteiger partial charge in [0.05, 0.1) is 4.92 Å². The topological polar surface area (TPSA) is 89.9 Å². The molecule has 0 fully saturated rings. The van der Waals surface area contributed by atoms with Crippen molar-refractivity contribution in [1.82, 2.24) is 9.55 Å². The third kappa shape index (κ3) is 3.01. The first-order chi connectivity index (χ1) is 11.0. The largest absolute Gasteiger partial charge is 0.399 e. The Morgan fingerprint density at radius 1 is 1.09 bits per heavy atom. The zero-order valence-electron chi connectivity index (χ0n) is 12.6. The number of aromatic nitrogens is 2. The standard InChI is InChI=1S/C9H10N2.C8H6N2O2/c1-11-5-4-7-6-8(10)2-3-9(7)11;11-10(12)7-1-2-8-6(5-7)3-4-9-8/h2-6H,10H2,1H3;1-5,9H. The van der Waals surface area contributed by atoms with E-state index in [-0.39, 0.29) is 5.69 Å². The molecule has 0 radical (unpaired) electrons. The van der Waals surface area contributed by atoms with Gasteiger partial charge < -0.3 is 15.3 Å². The van der Waals surface area contributed by atoms with E-state index < -0.39 is 4.92 Å². The van der Waals surface area contributed by atoms with Gasteiger partial charge in [-0.2, -0.15) is 0 Å². The number of aromatic amines is 1. The molecule has 2 aromatic carbocycles. The first-order valence-corrected chi connectivity index (χ1v) is 7.07. The van der Waals surface area contributed by atoms with Crippen LogP contribution in [0.3, 0.4) is 0 Å². The van der Waals surface area contributed by atoms with Gasteiger partial charge in [-0.25, -0.2) is 0 Å². The summed E-state index contributed by atoms with van der Waals surface area (Å²) in [6.07, 6.45) is 3.79. The molecule has 0 saturated heterocycles. The van der Waals surface area contributed by atoms with Gasteiger partial charge in [-0.3, -0.25) is 10.1 Å². The molecule has 2 heterocycles. The molecular formula is C17H16N4O2. The monoisotopic (exact) mass is 308 g/mol. The number of nitrogens with two attached hydrogens (primary N) is 1. The van der Waals surface area contributed by atoms with E-state index in [2.05, 4.69) is 15.6 Å². The normalized spacial score (nSPS) is 10.5. The first-order valence-electron chi connectivity index (χ1n) is 7.07. The minimum atomic E-state index is -0.396. The quantitative estimate of drug-likeness (QED) is 0.318. The van der Waals surface area contributed by atoms with Gasteiger partial charge in [0.25, 0.3) is 5.69 Å². The van der Waals surface area contributed by atoms with Gasteiger partial charge in [-0.15, -0.1) is 0 Å². The van der Waals surface area contributed by atoms with Gasteiger partial charge in [-0.1, -0.05) is 0 Å². The highest BCUT2D eigenvalue weighted by Gasteiger charge is 2.05. The number of fused-ring (bicyclic) bond motifs is 2. The number of nitrogens with zero attached hydrogens (tertiary/aromatic N) is 2. The summed E-state index contributed by atoms with van der Waals surface area (Å²) in [6, 6.07) is 14.5. The molecule has 6 nitrogen and oxygen atoms in total. The molecule has 3 N–H and O–H groups in total. The summed E-state index contributed by atoms with van der Waals surface area (Å²) in [6.45, 7) is 0. The summed E-state index contributed by atoms with van der Waals surface area (Å²) in [5, 5.41) is 12.4. The third-order valence-corrected chi connectivity index (χ3v) is 3.66. The number of anilines is 1. The molecule has 0 atom stereocenters. The minimum absolute atomic E-state index is 0.127. The van der Waals surface area contributed by atoms with E-state index in [4.69, 9.17) is 5.73 Å². The van der Waals surface area contributed by atoms with Gasteiger partial charge in [0.2, 0.25) is 0 Å². The highest BCUT2D eigenvalue weighted by molar-refractivity contribution is 5.83. The number of nitro benzene ring substituents is 1. The fraction of sp³-hybridized carbons (Fsp3) is 0.0588. The molecule has 0 amide bonds. The molecule has 0 saturated carbocycles. The molecule has 2 aromatic heterocycles. The Morgan fingerprint density at radius 3 is 2.70 bits per heavy atom. The molecular weight excluding hydrogens is 292 g/mol. The van der Waals surface area contributed by atoms with E-state index in [1.54, 1.807) is 18.3 Å². The molecule has 4 aromatic rings. The van der Waals surface area contributed by atoms with Crippen molar-refractivity contribution in [2.24, 2.45) is 7.05 Å². The van der Waals surface area contributed by atoms with E-state index in [0.29, 0.717) is 0 Å². The third-order valence-electron chi connectivity index (χ3n) is 3.66. The lowest BCUT2D eigenvalue weighted by atomic mass is 10.2. The van der Waals surface area contributed by atoms with E-state index >= 15 is 0 Å². The maximum atomic E-state index is 10.4. The number of nitrogen functional groups attached to an aromatic ring is 1. The van der Waals surface area contributed by atoms with Crippen LogP contribution in [0.4, 0.5) is 11.4 Å². The second-order valence-corrected chi connectivity index (χ2v) is 5.25. The number of benzene rings is 2. The second kappa shape index (κ2) is 5.84. The average Bonchev–Trinajstić information content (AvgIpc) is 3.14. The van der Waals surface area contributed by atoms with Crippen molar-refractivity contribution in [3.63, 3.8) is 0 Å². The van der Waals surface area contributed by atoms with Crippen LogP contribution in [-0.4, -0.2) is 14.5 Å². The van der Waals surface area contributed by atoms with E-state index in [9.17, 15) is 10.1 Å². The Bertz CT molecular complexity index is 985. The van der Waals surface area contributed by atoms with Crippen molar-refractivity contribution in [3.05, 3.63) is 71.0 Å². The maximum absolute atomic E-state index is 10.4. The Kier molecular flexibility index (Phi) is 3.72. The van der Waals surface area contributed by atoms with Gasteiger partial charge >= 0.3 is 0 Å². The van der Waals surface area contributed by atoms with Crippen LogP contribution in [0.5, 0.6) is 0 Å². The molecule has 0 aliphatic rings. The van der Waals surface area contributed by atoms with Crippen LogP contribution >= 0.6 is 0 Å². The molecule has 4 rings (SSSR count). The Labute approximate surface area is 132 Å². The van der Waals surface area contributed by atoms with Crippen molar-refractivity contribution in [1.29, 1.82) is 0 Å². The highest BCUT2D eigenvalue weighted by atomic mass is 16.6. The van der Waals surface area contributed by atoms with Crippen LogP contribution in [0.2, 0.25) is 0 Å². The summed E-state index contributed by atoms with van der Waals surface area (Å²) in [4.78, 5) is 12.9. The Hall–Kier alpha value is -3.28. The predicted molar refractivity (Wildman–Crippen MR) is 92.3 cm³/mol. The molecule has 0 aliphatic heterocycles. The lowest BCUT2D eigenvalue weighted by Gasteiger charge is -1.95. The van der Waals surface area contributed by atoms with Crippen LogP contribution < -0.4 is 5.73 Å². The van der Waals surface area contributed by atoms with Crippen LogP contribution in [0.15, 0.2) is 60.9 Å². The molecule has 0 bridgehead atoms. The number of rotatable bonds is 1. The number of hydrogen-bond acceptors (Lipinski definition) is 3. The number of aryl methyl sites for hydroxylation is 1. The zero-order chi connectivity index (χ0) is 16.4. The first kappa shape index (κ1) is 14.6. The number of nitro groups is 1. The second-order valence-electron chi connectivity index (χ2n) is 5.25. The number of H-pyrrole nitrogens is 1. The summed E-state index contributed by atoms with van der Waals surface area (Å²) in [5.74, 6) is 0. The smallest absolute Gasteiger partial charge is 0.270 e. The summed E-state index contributed by atoms with van der Waals surface area (Å²) in [7, 11) is 2.03. The average molecular weight is 308 g/mol. The van der Waals surface area contributed by atoms with Gasteiger partial charge in [0.15, 0.2) is 0 Å². The van der Waals surface area contributed by atoms with E-state index in [1.165, 1.54) is 17.0 Å². The van der Waals surface area contributed by atoms with Gasteiger partial charge in [0, 0.05) is 59.1 Å². The van der Waals surface area contributed by atoms with E-state index in [1.807, 2.05) is 37.5 Å². The molecule has 23 heavy (non-hydrogen) atoms. The summed E-state index contributed by atoms with van der Waals surface area (Å²) in [5.41, 5.74) is 8.71. The van der Waals surface area contributed by atoms with Gasteiger partial charge in [0.1, 0.15) is 0 Å². The van der Waals surface area contributed by atoms with Crippen molar-refractivity contribution < 1.29 is 4.92 Å². The molecule has 6 heteroatoms. The number of non-ortho nitro benzene ring substituents is 1. The lowest BCUT2D eigenvalue weighted by molar-refractivity contribution is -0.384. The SMILES string of the molecule is Cn1ccc2cc(N)ccc21.O=[N+]([O-])c1ccc2[nH]ccc2c1. The van der Waals surface area contributed by atoms with Crippen LogP contribution in [0.25, 0.3) is 21.8 Å². The maximum Gasteiger partial charge on any atom is 0.270 e. The fourth-order valence-corrected chi connectivity index (χ4v) is 2.45. The fourth-order valence-electron chi connectivity index (χ4n) is 2.45. The van der Waals surface area contributed by atoms with Gasteiger partial charge in [-0.05, 0) is 36.4 Å². The highest BCUT2D eigenvalue weighted by Crippen LogP contribution is 2.19.